The van der Waals surface area contributed by atoms with Crippen molar-refractivity contribution in [3.8, 4) is 0 Å². The Labute approximate surface area is 168 Å². The van der Waals surface area contributed by atoms with Crippen LogP contribution in [0.5, 0.6) is 0 Å². The Kier molecular flexibility index (Phi) is 15.0. The van der Waals surface area contributed by atoms with E-state index in [9.17, 15) is 4.79 Å². The van der Waals surface area contributed by atoms with Gasteiger partial charge in [-0.15, -0.1) is 0 Å². The second kappa shape index (κ2) is 17.0. The first-order chi connectivity index (χ1) is 13.3. The zero-order chi connectivity index (χ0) is 19.6. The third-order valence-electron chi connectivity index (χ3n) is 5.51. The number of ketones is 1. The lowest BCUT2D eigenvalue weighted by Crippen LogP contribution is -2.30. The van der Waals surface area contributed by atoms with Crippen LogP contribution in [0.15, 0.2) is 30.3 Å². The van der Waals surface area contributed by atoms with Gasteiger partial charge in [0.2, 0.25) is 0 Å². The molecule has 0 aliphatic carbocycles. The second-order valence-electron chi connectivity index (χ2n) is 8.08. The molecule has 0 aliphatic heterocycles. The van der Waals surface area contributed by atoms with E-state index in [0.29, 0.717) is 0 Å². The third-order valence-corrected chi connectivity index (χ3v) is 5.51. The van der Waals surface area contributed by atoms with Crippen LogP contribution in [0, 0.1) is 0 Å². The molecule has 1 aromatic carbocycles. The van der Waals surface area contributed by atoms with Crippen molar-refractivity contribution in [1.29, 1.82) is 0 Å². The van der Waals surface area contributed by atoms with Gasteiger partial charge in [0.05, 0.1) is 6.04 Å². The van der Waals surface area contributed by atoms with E-state index in [0.717, 1.165) is 18.4 Å². The molecule has 0 aliphatic rings. The summed E-state index contributed by atoms with van der Waals surface area (Å²) in [5, 5.41) is 0. The van der Waals surface area contributed by atoms with Crippen LogP contribution in [-0.2, 0) is 0 Å². The molecular formula is C25H43NO. The first-order valence-corrected chi connectivity index (χ1v) is 11.6. The molecule has 0 bridgehead atoms. The average Bonchev–Trinajstić information content (AvgIpc) is 2.70. The molecule has 2 N–H and O–H groups in total. The van der Waals surface area contributed by atoms with E-state index < -0.39 is 0 Å². The van der Waals surface area contributed by atoms with E-state index >= 15 is 0 Å². The molecule has 1 unspecified atom stereocenters. The highest BCUT2D eigenvalue weighted by atomic mass is 16.1. The van der Waals surface area contributed by atoms with Gasteiger partial charge in [0, 0.05) is 5.56 Å². The SMILES string of the molecule is CCCCCCCCCCCCCCCCCC(N)C(=O)c1ccccc1. The number of hydrogen-bond acceptors (Lipinski definition) is 2. The fourth-order valence-electron chi connectivity index (χ4n) is 3.68. The predicted molar refractivity (Wildman–Crippen MR) is 118 cm³/mol. The van der Waals surface area contributed by atoms with Gasteiger partial charge in [0.15, 0.2) is 5.78 Å². The van der Waals surface area contributed by atoms with Crippen molar-refractivity contribution in [1.82, 2.24) is 0 Å². The molecule has 0 saturated heterocycles. The Hall–Kier alpha value is -1.15. The fourth-order valence-corrected chi connectivity index (χ4v) is 3.68. The average molecular weight is 374 g/mol. The molecule has 0 radical (unpaired) electrons. The van der Waals surface area contributed by atoms with Gasteiger partial charge < -0.3 is 5.73 Å². The lowest BCUT2D eigenvalue weighted by atomic mass is 9.99. The number of nitrogens with two attached hydrogens (primary N) is 1. The molecule has 2 heteroatoms. The molecule has 154 valence electrons. The minimum atomic E-state index is -0.339. The first kappa shape index (κ1) is 23.9. The Morgan fingerprint density at radius 1 is 0.704 bits per heavy atom. The summed E-state index contributed by atoms with van der Waals surface area (Å²) in [4.78, 5) is 12.2. The largest absolute Gasteiger partial charge is 0.321 e. The number of benzene rings is 1. The van der Waals surface area contributed by atoms with Crippen LogP contribution in [0.25, 0.3) is 0 Å². The molecule has 1 atom stereocenters. The summed E-state index contributed by atoms with van der Waals surface area (Å²) in [7, 11) is 0. The number of carbonyl (C=O) groups is 1. The van der Waals surface area contributed by atoms with E-state index in [1.54, 1.807) is 0 Å². The second-order valence-corrected chi connectivity index (χ2v) is 8.08. The molecule has 1 aromatic rings. The molecule has 0 amide bonds. The molecule has 0 spiro atoms. The summed E-state index contributed by atoms with van der Waals surface area (Å²) in [6.07, 6.45) is 21.2. The predicted octanol–water partition coefficient (Wildman–Crippen LogP) is 7.46. The minimum Gasteiger partial charge on any atom is -0.321 e. The normalized spacial score (nSPS) is 12.2. The van der Waals surface area contributed by atoms with Crippen molar-refractivity contribution in [3.05, 3.63) is 35.9 Å². The zero-order valence-corrected chi connectivity index (χ0v) is 17.8. The third kappa shape index (κ3) is 12.8. The van der Waals surface area contributed by atoms with Crippen LogP contribution in [-0.4, -0.2) is 11.8 Å². The topological polar surface area (TPSA) is 43.1 Å². The van der Waals surface area contributed by atoms with Crippen LogP contribution in [0.3, 0.4) is 0 Å². The number of hydrogen-bond donors (Lipinski definition) is 1. The fraction of sp³-hybridized carbons (Fsp3) is 0.720. The maximum atomic E-state index is 12.2. The Morgan fingerprint density at radius 3 is 1.56 bits per heavy atom. The highest BCUT2D eigenvalue weighted by molar-refractivity contribution is 5.99. The molecular weight excluding hydrogens is 330 g/mol. The van der Waals surface area contributed by atoms with Gasteiger partial charge in [0.25, 0.3) is 0 Å². The molecule has 0 aromatic heterocycles. The monoisotopic (exact) mass is 373 g/mol. The van der Waals surface area contributed by atoms with Gasteiger partial charge in [-0.2, -0.15) is 0 Å². The van der Waals surface area contributed by atoms with Gasteiger partial charge in [-0.25, -0.2) is 0 Å². The number of carbonyl (C=O) groups excluding carboxylic acids is 1. The lowest BCUT2D eigenvalue weighted by molar-refractivity contribution is 0.0956. The van der Waals surface area contributed by atoms with Crippen molar-refractivity contribution in [2.75, 3.05) is 0 Å². The maximum Gasteiger partial charge on any atom is 0.179 e. The Morgan fingerprint density at radius 2 is 1.11 bits per heavy atom. The smallest absolute Gasteiger partial charge is 0.179 e. The lowest BCUT2D eigenvalue weighted by Gasteiger charge is -2.10. The number of unbranched alkanes of at least 4 members (excludes halogenated alkanes) is 14. The Balaban J connectivity index is 1.84. The quantitative estimate of drug-likeness (QED) is 0.214. The summed E-state index contributed by atoms with van der Waals surface area (Å²) >= 11 is 0. The maximum absolute atomic E-state index is 12.2. The highest BCUT2D eigenvalue weighted by Crippen LogP contribution is 2.14. The molecule has 27 heavy (non-hydrogen) atoms. The van der Waals surface area contributed by atoms with Crippen LogP contribution in [0.1, 0.15) is 120 Å². The van der Waals surface area contributed by atoms with E-state index in [-0.39, 0.29) is 11.8 Å². The first-order valence-electron chi connectivity index (χ1n) is 11.6. The van der Waals surface area contributed by atoms with E-state index in [4.69, 9.17) is 5.73 Å². The van der Waals surface area contributed by atoms with Crippen LogP contribution in [0.4, 0.5) is 0 Å². The van der Waals surface area contributed by atoms with Gasteiger partial charge >= 0.3 is 0 Å². The number of Topliss-reactive ketones (excluding diaryl/α,β-unsaturated/α-hetero) is 1. The summed E-state index contributed by atoms with van der Waals surface area (Å²) < 4.78 is 0. The van der Waals surface area contributed by atoms with Crippen LogP contribution in [0.2, 0.25) is 0 Å². The van der Waals surface area contributed by atoms with Crippen molar-refractivity contribution >= 4 is 5.78 Å². The van der Waals surface area contributed by atoms with Crippen LogP contribution >= 0.6 is 0 Å². The van der Waals surface area contributed by atoms with Crippen molar-refractivity contribution in [2.45, 2.75) is 116 Å². The number of rotatable bonds is 18. The van der Waals surface area contributed by atoms with Crippen molar-refractivity contribution < 1.29 is 4.79 Å². The minimum absolute atomic E-state index is 0.0842. The molecule has 0 saturated carbocycles. The summed E-state index contributed by atoms with van der Waals surface area (Å²) in [6, 6.07) is 9.09. The summed E-state index contributed by atoms with van der Waals surface area (Å²) in [5.41, 5.74) is 6.80. The zero-order valence-electron chi connectivity index (χ0n) is 17.8. The summed E-state index contributed by atoms with van der Waals surface area (Å²) in [6.45, 7) is 2.28. The van der Waals surface area contributed by atoms with Crippen molar-refractivity contribution in [3.63, 3.8) is 0 Å². The van der Waals surface area contributed by atoms with E-state index in [1.807, 2.05) is 30.3 Å². The molecule has 0 fully saturated rings. The van der Waals surface area contributed by atoms with Gasteiger partial charge in [-0.05, 0) is 6.42 Å². The van der Waals surface area contributed by atoms with Gasteiger partial charge in [-0.1, -0.05) is 134 Å². The molecule has 0 heterocycles. The summed E-state index contributed by atoms with van der Waals surface area (Å²) in [5.74, 6) is 0.0842. The van der Waals surface area contributed by atoms with Gasteiger partial charge in [0.1, 0.15) is 0 Å². The van der Waals surface area contributed by atoms with E-state index in [2.05, 4.69) is 6.92 Å². The highest BCUT2D eigenvalue weighted by Gasteiger charge is 2.14. The Bertz CT molecular complexity index is 457. The molecule has 2 nitrogen and oxygen atoms in total. The van der Waals surface area contributed by atoms with Crippen LogP contribution < -0.4 is 5.73 Å². The molecule has 1 rings (SSSR count). The van der Waals surface area contributed by atoms with E-state index in [1.165, 1.54) is 89.9 Å². The standard InChI is InChI=1S/C25H43NO/c1-2-3-4-5-6-7-8-9-10-11-12-13-14-15-19-22-24(26)25(27)23-20-17-16-18-21-23/h16-18,20-21,24H,2-15,19,22,26H2,1H3. The van der Waals surface area contributed by atoms with Crippen molar-refractivity contribution in [2.24, 2.45) is 5.73 Å². The van der Waals surface area contributed by atoms with Gasteiger partial charge in [-0.3, -0.25) is 4.79 Å².